The van der Waals surface area contributed by atoms with E-state index in [0.717, 1.165) is 35.3 Å². The van der Waals surface area contributed by atoms with E-state index in [-0.39, 0.29) is 11.1 Å². The summed E-state index contributed by atoms with van der Waals surface area (Å²) < 4.78 is 5.41. The second-order valence-electron chi connectivity index (χ2n) is 9.89. The monoisotopic (exact) mass is 523 g/mol. The number of nitrogens with one attached hydrogen (secondary N) is 1. The van der Waals surface area contributed by atoms with Gasteiger partial charge in [0.15, 0.2) is 0 Å². The van der Waals surface area contributed by atoms with Gasteiger partial charge in [-0.25, -0.2) is 14.6 Å². The number of hydrogen-bond donors (Lipinski definition) is 3. The van der Waals surface area contributed by atoms with Gasteiger partial charge in [0.2, 0.25) is 0 Å². The van der Waals surface area contributed by atoms with Crippen molar-refractivity contribution in [3.8, 4) is 16.8 Å². The van der Waals surface area contributed by atoms with Crippen LogP contribution >= 0.6 is 0 Å². The van der Waals surface area contributed by atoms with E-state index < -0.39 is 12.0 Å². The summed E-state index contributed by atoms with van der Waals surface area (Å²) in [6.45, 7) is 2.77. The second-order valence-corrected chi connectivity index (χ2v) is 9.89. The van der Waals surface area contributed by atoms with Crippen LogP contribution in [-0.4, -0.2) is 41.0 Å². The molecule has 0 saturated heterocycles. The maximum Gasteiger partial charge on any atom is 0.284 e. The van der Waals surface area contributed by atoms with E-state index in [1.165, 1.54) is 6.33 Å². The van der Waals surface area contributed by atoms with Crippen LogP contribution in [0.2, 0.25) is 0 Å². The molecule has 0 spiro atoms. The molecule has 10 nitrogen and oxygen atoms in total. The molecule has 1 amide bonds. The third-order valence-corrected chi connectivity index (χ3v) is 7.11. The summed E-state index contributed by atoms with van der Waals surface area (Å²) >= 11 is 0. The number of carbonyl (C=O) groups excluding carboxylic acids is 1. The summed E-state index contributed by atoms with van der Waals surface area (Å²) in [4.78, 5) is 35.4. The fraction of sp³-hybridized carbons (Fsp3) is 0.241. The molecule has 10 heteroatoms. The lowest BCUT2D eigenvalue weighted by Gasteiger charge is -2.19. The number of nitrogens with two attached hydrogens (primary N) is 1. The smallest absolute Gasteiger partial charge is 0.284 e. The van der Waals surface area contributed by atoms with E-state index in [4.69, 9.17) is 5.73 Å². The number of nitrogens with zero attached hydrogens (tertiary/aromatic N) is 5. The van der Waals surface area contributed by atoms with Gasteiger partial charge in [0.05, 0.1) is 22.9 Å². The van der Waals surface area contributed by atoms with Crippen LogP contribution in [0.3, 0.4) is 0 Å². The van der Waals surface area contributed by atoms with E-state index in [1.807, 2.05) is 57.9 Å². The van der Waals surface area contributed by atoms with E-state index in [0.29, 0.717) is 42.0 Å². The Morgan fingerprint density at radius 1 is 1.10 bits per heavy atom. The standard InChI is InChI=1S/C29H29N7O3/c1-18(37)15-34-16-22(24-26(30)31-17-32-27(24)34)19-10-12-20(13-11-19)33-28(38)25-23-9-5-6-14-35(23)36(29(25)39)21-7-3-2-4-8-21/h2-4,7-8,10-13,16-18,37H,5-6,9,14-15H2,1H3,(H,33,38)(H2,30,31,32). The van der Waals surface area contributed by atoms with Gasteiger partial charge in [-0.3, -0.25) is 14.3 Å². The van der Waals surface area contributed by atoms with Crippen molar-refractivity contribution in [2.75, 3.05) is 11.1 Å². The third-order valence-electron chi connectivity index (χ3n) is 7.11. The van der Waals surface area contributed by atoms with Crippen molar-refractivity contribution < 1.29 is 9.90 Å². The van der Waals surface area contributed by atoms with Gasteiger partial charge in [-0.05, 0) is 56.0 Å². The van der Waals surface area contributed by atoms with Crippen molar-refractivity contribution in [1.82, 2.24) is 23.9 Å². The molecule has 4 N–H and O–H groups in total. The summed E-state index contributed by atoms with van der Waals surface area (Å²) in [6.07, 6.45) is 5.31. The van der Waals surface area contributed by atoms with Crippen molar-refractivity contribution in [2.45, 2.75) is 45.4 Å². The van der Waals surface area contributed by atoms with Crippen LogP contribution in [0.4, 0.5) is 11.5 Å². The van der Waals surface area contributed by atoms with Crippen molar-refractivity contribution in [3.05, 3.63) is 88.7 Å². The summed E-state index contributed by atoms with van der Waals surface area (Å²) in [5, 5.41) is 13.6. The molecule has 0 aliphatic carbocycles. The molecular formula is C29H29N7O3. The molecule has 2 aromatic carbocycles. The number of anilines is 2. The Hall–Kier alpha value is -4.70. The lowest BCUT2D eigenvalue weighted by atomic mass is 10.0. The third kappa shape index (κ3) is 4.38. The molecule has 39 heavy (non-hydrogen) atoms. The normalized spacial score (nSPS) is 13.8. The van der Waals surface area contributed by atoms with Crippen LogP contribution in [0.1, 0.15) is 35.8 Å². The topological polar surface area (TPSA) is 133 Å². The van der Waals surface area contributed by atoms with Gasteiger partial charge in [-0.15, -0.1) is 0 Å². The molecule has 1 atom stereocenters. The van der Waals surface area contributed by atoms with E-state index >= 15 is 0 Å². The summed E-state index contributed by atoms with van der Waals surface area (Å²) in [5.74, 6) is -0.0656. The highest BCUT2D eigenvalue weighted by Crippen LogP contribution is 2.33. The van der Waals surface area contributed by atoms with Crippen LogP contribution in [-0.2, 0) is 19.5 Å². The highest BCUT2D eigenvalue weighted by Gasteiger charge is 2.27. The Kier molecular flexibility index (Phi) is 6.24. The lowest BCUT2D eigenvalue weighted by molar-refractivity contribution is 0.102. The highest BCUT2D eigenvalue weighted by molar-refractivity contribution is 6.05. The van der Waals surface area contributed by atoms with Crippen LogP contribution in [0.15, 0.2) is 71.9 Å². The molecule has 1 unspecified atom stereocenters. The molecule has 5 aromatic rings. The molecule has 1 aliphatic rings. The number of para-hydroxylation sites is 1. The first-order chi connectivity index (χ1) is 18.9. The van der Waals surface area contributed by atoms with Gasteiger partial charge in [0.1, 0.15) is 23.4 Å². The Morgan fingerprint density at radius 3 is 2.62 bits per heavy atom. The molecule has 198 valence electrons. The number of carbonyl (C=O) groups is 1. The van der Waals surface area contributed by atoms with Gasteiger partial charge < -0.3 is 20.7 Å². The zero-order valence-corrected chi connectivity index (χ0v) is 21.5. The molecule has 1 aliphatic heterocycles. The van der Waals surface area contributed by atoms with Crippen molar-refractivity contribution in [3.63, 3.8) is 0 Å². The van der Waals surface area contributed by atoms with Crippen LogP contribution in [0, 0.1) is 0 Å². The van der Waals surface area contributed by atoms with E-state index in [1.54, 1.807) is 23.7 Å². The molecule has 0 saturated carbocycles. The van der Waals surface area contributed by atoms with E-state index in [9.17, 15) is 14.7 Å². The number of aliphatic hydroxyl groups excluding tert-OH is 1. The number of amides is 1. The lowest BCUT2D eigenvalue weighted by Crippen LogP contribution is -2.25. The quantitative estimate of drug-likeness (QED) is 0.311. The summed E-state index contributed by atoms with van der Waals surface area (Å²) in [7, 11) is 0. The van der Waals surface area contributed by atoms with Crippen molar-refractivity contribution in [1.29, 1.82) is 0 Å². The Labute approximate surface area is 224 Å². The zero-order valence-electron chi connectivity index (χ0n) is 21.5. The van der Waals surface area contributed by atoms with Gasteiger partial charge in [0, 0.05) is 30.5 Å². The number of rotatable bonds is 6. The molecule has 0 fully saturated rings. The van der Waals surface area contributed by atoms with Crippen LogP contribution in [0.25, 0.3) is 27.8 Å². The van der Waals surface area contributed by atoms with Crippen molar-refractivity contribution in [2.24, 2.45) is 0 Å². The SMILES string of the molecule is CC(O)Cn1cc(-c2ccc(NC(=O)c3c4n(n(-c5ccccc5)c3=O)CCCC4)cc2)c2c(N)ncnc21. The van der Waals surface area contributed by atoms with Crippen molar-refractivity contribution >= 4 is 28.4 Å². The number of benzene rings is 2. The average Bonchev–Trinajstić information content (AvgIpc) is 3.44. The predicted octanol–water partition coefficient (Wildman–Crippen LogP) is 3.60. The number of fused-ring (bicyclic) bond motifs is 2. The first kappa shape index (κ1) is 24.6. The number of aliphatic hydroxyl groups is 1. The average molecular weight is 524 g/mol. The minimum atomic E-state index is -0.561. The zero-order chi connectivity index (χ0) is 27.1. The summed E-state index contributed by atoms with van der Waals surface area (Å²) in [6, 6.07) is 16.8. The van der Waals surface area contributed by atoms with Gasteiger partial charge >= 0.3 is 0 Å². The molecule has 4 heterocycles. The molecule has 6 rings (SSSR count). The Bertz CT molecular complexity index is 1730. The van der Waals surface area contributed by atoms with E-state index in [2.05, 4.69) is 15.3 Å². The highest BCUT2D eigenvalue weighted by atomic mass is 16.3. The number of hydrogen-bond acceptors (Lipinski definition) is 6. The molecular weight excluding hydrogens is 494 g/mol. The predicted molar refractivity (Wildman–Crippen MR) is 150 cm³/mol. The Balaban J connectivity index is 1.32. The first-order valence-corrected chi connectivity index (χ1v) is 13.0. The first-order valence-electron chi connectivity index (χ1n) is 13.0. The summed E-state index contributed by atoms with van der Waals surface area (Å²) in [5.41, 5.74) is 10.5. The number of nitrogen functional groups attached to an aromatic ring is 1. The molecule has 0 radical (unpaired) electrons. The van der Waals surface area contributed by atoms with Gasteiger partial charge in [-0.1, -0.05) is 30.3 Å². The minimum absolute atomic E-state index is 0.189. The van der Waals surface area contributed by atoms with Gasteiger partial charge in [0.25, 0.3) is 11.5 Å². The van der Waals surface area contributed by atoms with Gasteiger partial charge in [-0.2, -0.15) is 0 Å². The van der Waals surface area contributed by atoms with Crippen LogP contribution in [0.5, 0.6) is 0 Å². The molecule has 0 bridgehead atoms. The fourth-order valence-electron chi connectivity index (χ4n) is 5.40. The van der Waals surface area contributed by atoms with Crippen LogP contribution < -0.4 is 16.6 Å². The maximum absolute atomic E-state index is 13.5. The maximum atomic E-state index is 13.5. The Morgan fingerprint density at radius 2 is 1.87 bits per heavy atom. The number of aromatic nitrogens is 5. The largest absolute Gasteiger partial charge is 0.392 e. The minimum Gasteiger partial charge on any atom is -0.392 e. The second kappa shape index (κ2) is 9.88. The molecule has 3 aromatic heterocycles. The fourth-order valence-corrected chi connectivity index (χ4v) is 5.40.